The Hall–Kier alpha value is -2.49. The van der Waals surface area contributed by atoms with Gasteiger partial charge in [0.15, 0.2) is 0 Å². The Bertz CT molecular complexity index is 1360. The van der Waals surface area contributed by atoms with E-state index in [-0.39, 0.29) is 24.2 Å². The van der Waals surface area contributed by atoms with Gasteiger partial charge in [0.05, 0.1) is 28.5 Å². The lowest BCUT2D eigenvalue weighted by atomic mass is 9.93. The summed E-state index contributed by atoms with van der Waals surface area (Å²) in [5.41, 5.74) is 2.24. The Balaban J connectivity index is 1.39. The summed E-state index contributed by atoms with van der Waals surface area (Å²) in [5, 5.41) is 7.01. The third kappa shape index (κ3) is 3.89. The van der Waals surface area contributed by atoms with Crippen molar-refractivity contribution >= 4 is 32.9 Å². The van der Waals surface area contributed by atoms with Crippen molar-refractivity contribution in [1.29, 1.82) is 0 Å². The first-order valence-corrected chi connectivity index (χ1v) is 12.2. The number of rotatable bonds is 5. The van der Waals surface area contributed by atoms with E-state index in [0.717, 1.165) is 57.4 Å². The molecule has 3 heterocycles. The highest BCUT2D eigenvalue weighted by Crippen LogP contribution is 2.34. The van der Waals surface area contributed by atoms with Crippen LogP contribution in [0.1, 0.15) is 46.1 Å². The van der Waals surface area contributed by atoms with Crippen LogP contribution < -0.4 is 10.9 Å². The molecule has 0 spiro atoms. The number of halogens is 2. The molecule has 32 heavy (non-hydrogen) atoms. The molecule has 0 amide bonds. The van der Waals surface area contributed by atoms with Gasteiger partial charge in [-0.3, -0.25) is 9.36 Å². The van der Waals surface area contributed by atoms with E-state index in [9.17, 15) is 13.6 Å². The first-order valence-electron chi connectivity index (χ1n) is 10.5. The zero-order valence-electron chi connectivity index (χ0n) is 17.7. The minimum absolute atomic E-state index is 0.0288. The van der Waals surface area contributed by atoms with Crippen LogP contribution in [-0.2, 0) is 19.4 Å². The first kappa shape index (κ1) is 21.4. The van der Waals surface area contributed by atoms with E-state index in [0.29, 0.717) is 10.9 Å². The highest BCUT2D eigenvalue weighted by molar-refractivity contribution is 7.18. The molecule has 5 nitrogen and oxygen atoms in total. The SMILES string of the molecule is Cc1nc(C(C)n2cnc3sc4c(c3c2=O)CCC(NCc2cc(F)ccc2F)C4)cs1. The van der Waals surface area contributed by atoms with Crippen LogP contribution in [0, 0.1) is 18.6 Å². The second-order valence-corrected chi connectivity index (χ2v) is 10.3. The molecular formula is C23H22F2N4OS2. The number of thiophene rings is 1. The van der Waals surface area contributed by atoms with Gasteiger partial charge in [0.25, 0.3) is 5.56 Å². The van der Waals surface area contributed by atoms with Crippen LogP contribution in [0.3, 0.4) is 0 Å². The van der Waals surface area contributed by atoms with E-state index >= 15 is 0 Å². The summed E-state index contributed by atoms with van der Waals surface area (Å²) in [4.78, 5) is 24.4. The topological polar surface area (TPSA) is 59.8 Å². The number of hydrogen-bond acceptors (Lipinski definition) is 6. The number of thiazole rings is 1. The molecule has 0 saturated heterocycles. The number of benzene rings is 1. The molecule has 166 valence electrons. The van der Waals surface area contributed by atoms with Crippen LogP contribution in [0.15, 0.2) is 34.7 Å². The molecule has 1 aliphatic carbocycles. The molecule has 0 radical (unpaired) electrons. The van der Waals surface area contributed by atoms with E-state index in [1.807, 2.05) is 19.2 Å². The van der Waals surface area contributed by atoms with Crippen molar-refractivity contribution in [1.82, 2.24) is 19.9 Å². The Kier molecular flexibility index (Phi) is 5.65. The minimum Gasteiger partial charge on any atom is -0.309 e. The van der Waals surface area contributed by atoms with Gasteiger partial charge in [-0.1, -0.05) is 0 Å². The summed E-state index contributed by atoms with van der Waals surface area (Å²) in [6, 6.07) is 3.46. The molecule has 9 heteroatoms. The fourth-order valence-corrected chi connectivity index (χ4v) is 6.23. The van der Waals surface area contributed by atoms with Crippen molar-refractivity contribution in [2.24, 2.45) is 0 Å². The van der Waals surface area contributed by atoms with Crippen molar-refractivity contribution in [2.45, 2.75) is 51.7 Å². The van der Waals surface area contributed by atoms with E-state index in [2.05, 4.69) is 15.3 Å². The van der Waals surface area contributed by atoms with Gasteiger partial charge in [0.1, 0.15) is 16.5 Å². The van der Waals surface area contributed by atoms with Crippen LogP contribution in [-0.4, -0.2) is 20.6 Å². The third-order valence-electron chi connectivity index (χ3n) is 6.07. The molecule has 1 aliphatic rings. The quantitative estimate of drug-likeness (QED) is 0.455. The van der Waals surface area contributed by atoms with Crippen molar-refractivity contribution < 1.29 is 8.78 Å². The Labute approximate surface area is 191 Å². The summed E-state index contributed by atoms with van der Waals surface area (Å²) < 4.78 is 29.0. The average Bonchev–Trinajstić information content (AvgIpc) is 3.37. The summed E-state index contributed by atoms with van der Waals surface area (Å²) in [6.07, 6.45) is 3.94. The number of aromatic nitrogens is 3. The molecule has 0 aliphatic heterocycles. The number of hydrogen-bond donors (Lipinski definition) is 1. The van der Waals surface area contributed by atoms with E-state index in [4.69, 9.17) is 0 Å². The standard InChI is InChI=1S/C23H22F2N4OS2/c1-12(19-10-31-13(2)28-19)29-11-27-22-21(23(29)30)17-5-4-16(8-20(17)32-22)26-9-14-7-15(24)3-6-18(14)25/h3,6-7,10-12,16,26H,4-5,8-9H2,1-2H3. The molecule has 1 aromatic carbocycles. The zero-order chi connectivity index (χ0) is 22.4. The molecule has 0 bridgehead atoms. The predicted molar refractivity (Wildman–Crippen MR) is 124 cm³/mol. The number of fused-ring (bicyclic) bond motifs is 3. The third-order valence-corrected chi connectivity index (χ3v) is 8.02. The van der Waals surface area contributed by atoms with Gasteiger partial charge >= 0.3 is 0 Å². The van der Waals surface area contributed by atoms with Gasteiger partial charge in [-0.05, 0) is 56.9 Å². The molecule has 2 atom stereocenters. The van der Waals surface area contributed by atoms with Crippen LogP contribution in [0.5, 0.6) is 0 Å². The number of aryl methyl sites for hydroxylation is 2. The second kappa shape index (κ2) is 8.46. The first-order chi connectivity index (χ1) is 15.4. The second-order valence-electron chi connectivity index (χ2n) is 8.16. The average molecular weight is 473 g/mol. The lowest BCUT2D eigenvalue weighted by Gasteiger charge is -2.23. The van der Waals surface area contributed by atoms with Crippen molar-refractivity contribution in [3.05, 3.63) is 78.6 Å². The smallest absolute Gasteiger partial charge is 0.262 e. The monoisotopic (exact) mass is 472 g/mol. The van der Waals surface area contributed by atoms with Gasteiger partial charge in [-0.15, -0.1) is 22.7 Å². The van der Waals surface area contributed by atoms with Gasteiger partial charge in [0, 0.05) is 28.4 Å². The Morgan fingerprint density at radius 1 is 1.34 bits per heavy atom. The summed E-state index contributed by atoms with van der Waals surface area (Å²) in [5.74, 6) is -0.852. The van der Waals surface area contributed by atoms with Crippen molar-refractivity contribution in [2.75, 3.05) is 0 Å². The summed E-state index contributed by atoms with van der Waals surface area (Å²) in [6.45, 7) is 4.19. The Morgan fingerprint density at radius 3 is 2.97 bits per heavy atom. The van der Waals surface area contributed by atoms with E-state index in [1.54, 1.807) is 33.6 Å². The fraction of sp³-hybridized carbons (Fsp3) is 0.348. The normalized spacial score (nSPS) is 16.9. The van der Waals surface area contributed by atoms with Crippen LogP contribution in [0.2, 0.25) is 0 Å². The highest BCUT2D eigenvalue weighted by Gasteiger charge is 2.26. The van der Waals surface area contributed by atoms with Crippen LogP contribution in [0.4, 0.5) is 8.78 Å². The molecule has 0 fully saturated rings. The maximum Gasteiger partial charge on any atom is 0.262 e. The molecule has 2 unspecified atom stereocenters. The van der Waals surface area contributed by atoms with Crippen LogP contribution >= 0.6 is 22.7 Å². The van der Waals surface area contributed by atoms with E-state index in [1.165, 1.54) is 6.07 Å². The molecular weight excluding hydrogens is 450 g/mol. The molecule has 0 saturated carbocycles. The molecule has 5 rings (SSSR count). The highest BCUT2D eigenvalue weighted by atomic mass is 32.1. The van der Waals surface area contributed by atoms with Crippen molar-refractivity contribution in [3.63, 3.8) is 0 Å². The zero-order valence-corrected chi connectivity index (χ0v) is 19.3. The predicted octanol–water partition coefficient (Wildman–Crippen LogP) is 4.76. The number of nitrogens with zero attached hydrogens (tertiary/aromatic N) is 3. The fourth-order valence-electron chi connectivity index (χ4n) is 4.28. The molecule has 1 N–H and O–H groups in total. The maximum atomic E-state index is 13.9. The minimum atomic E-state index is -0.442. The summed E-state index contributed by atoms with van der Waals surface area (Å²) in [7, 11) is 0. The van der Waals surface area contributed by atoms with Gasteiger partial charge in [-0.2, -0.15) is 0 Å². The lowest BCUT2D eigenvalue weighted by molar-refractivity contribution is 0.454. The molecule has 3 aromatic heterocycles. The maximum absolute atomic E-state index is 13.9. The lowest BCUT2D eigenvalue weighted by Crippen LogP contribution is -2.34. The van der Waals surface area contributed by atoms with Gasteiger partial charge in [-0.25, -0.2) is 18.7 Å². The number of nitrogens with one attached hydrogen (secondary N) is 1. The van der Waals surface area contributed by atoms with Gasteiger partial charge in [0.2, 0.25) is 0 Å². The van der Waals surface area contributed by atoms with Crippen molar-refractivity contribution in [3.8, 4) is 0 Å². The van der Waals surface area contributed by atoms with Crippen LogP contribution in [0.25, 0.3) is 10.2 Å². The Morgan fingerprint density at radius 2 is 2.19 bits per heavy atom. The summed E-state index contributed by atoms with van der Waals surface area (Å²) >= 11 is 3.12. The largest absolute Gasteiger partial charge is 0.309 e. The van der Waals surface area contributed by atoms with Gasteiger partial charge < -0.3 is 5.32 Å². The van der Waals surface area contributed by atoms with E-state index < -0.39 is 11.6 Å². The molecule has 4 aromatic rings.